The molecule has 0 heterocycles. The Labute approximate surface area is 173 Å². The van der Waals surface area contributed by atoms with Gasteiger partial charge >= 0.3 is 6.18 Å². The van der Waals surface area contributed by atoms with E-state index in [4.69, 9.17) is 0 Å². The largest absolute Gasteiger partial charge is 0.419 e. The molecule has 0 spiro atoms. The molecule has 2 fully saturated rings. The van der Waals surface area contributed by atoms with Crippen LogP contribution in [0.2, 0.25) is 0 Å². The highest BCUT2D eigenvalue weighted by Crippen LogP contribution is 2.45. The van der Waals surface area contributed by atoms with Crippen LogP contribution in [0.25, 0.3) is 0 Å². The second-order valence-electron chi connectivity index (χ2n) is 9.95. The summed E-state index contributed by atoms with van der Waals surface area (Å²) in [6, 6.07) is 3.52. The highest BCUT2D eigenvalue weighted by Gasteiger charge is 2.35. The van der Waals surface area contributed by atoms with Gasteiger partial charge in [-0.15, -0.1) is 0 Å². The Hall–Kier alpha value is -1.06. The van der Waals surface area contributed by atoms with E-state index in [2.05, 4.69) is 13.8 Å². The average Bonchev–Trinajstić information content (AvgIpc) is 2.67. The maximum absolute atomic E-state index is 13.9. The van der Waals surface area contributed by atoms with Gasteiger partial charge in [0.1, 0.15) is 5.82 Å². The van der Waals surface area contributed by atoms with Crippen LogP contribution in [0, 0.1) is 29.5 Å². The van der Waals surface area contributed by atoms with Gasteiger partial charge in [0.15, 0.2) is 0 Å². The summed E-state index contributed by atoms with van der Waals surface area (Å²) in [7, 11) is 0. The number of hydrogen-bond acceptors (Lipinski definition) is 0. The number of alkyl halides is 3. The topological polar surface area (TPSA) is 0 Å². The molecular weight excluding hydrogens is 376 g/mol. The van der Waals surface area contributed by atoms with Crippen molar-refractivity contribution in [1.82, 2.24) is 0 Å². The molecule has 0 radical (unpaired) electrons. The van der Waals surface area contributed by atoms with E-state index < -0.39 is 17.6 Å². The van der Waals surface area contributed by atoms with Crippen molar-refractivity contribution in [3.8, 4) is 0 Å². The Morgan fingerprint density at radius 3 is 2.00 bits per heavy atom. The van der Waals surface area contributed by atoms with Crippen LogP contribution in [0.3, 0.4) is 0 Å². The average molecular weight is 413 g/mol. The molecule has 1 aromatic carbocycles. The van der Waals surface area contributed by atoms with Crippen molar-refractivity contribution in [1.29, 1.82) is 0 Å². The van der Waals surface area contributed by atoms with Gasteiger partial charge in [-0.25, -0.2) is 4.39 Å². The van der Waals surface area contributed by atoms with E-state index in [-0.39, 0.29) is 5.92 Å². The third kappa shape index (κ3) is 6.21. The molecule has 0 N–H and O–H groups in total. The molecule has 0 aliphatic heterocycles. The van der Waals surface area contributed by atoms with E-state index in [0.29, 0.717) is 0 Å². The lowest BCUT2D eigenvalue weighted by Gasteiger charge is -2.38. The van der Waals surface area contributed by atoms with E-state index in [1.807, 2.05) is 0 Å². The van der Waals surface area contributed by atoms with Crippen molar-refractivity contribution >= 4 is 0 Å². The van der Waals surface area contributed by atoms with Crippen molar-refractivity contribution in [3.63, 3.8) is 0 Å². The Morgan fingerprint density at radius 1 is 0.897 bits per heavy atom. The molecule has 0 aromatic heterocycles. The first-order chi connectivity index (χ1) is 13.7. The Bertz CT molecular complexity index is 633. The molecule has 0 atom stereocenters. The summed E-state index contributed by atoms with van der Waals surface area (Å²) >= 11 is 0. The van der Waals surface area contributed by atoms with Crippen molar-refractivity contribution in [3.05, 3.63) is 35.1 Å². The molecule has 2 saturated carbocycles. The lowest BCUT2D eigenvalue weighted by Crippen LogP contribution is -2.25. The van der Waals surface area contributed by atoms with Crippen molar-refractivity contribution in [2.75, 3.05) is 0 Å². The van der Waals surface area contributed by atoms with E-state index >= 15 is 0 Å². The first-order valence-electron chi connectivity index (χ1n) is 11.6. The molecule has 0 nitrogen and oxygen atoms in total. The summed E-state index contributed by atoms with van der Waals surface area (Å²) in [6.07, 6.45) is 9.12. The first-order valence-corrected chi connectivity index (χ1v) is 11.6. The standard InChI is InChI=1S/C25H36F4/c1-17(2)4-3-5-18-6-8-19(9-7-18)20-10-12-21(13-11-20)22-14-15-23(24(26)16-22)25(27,28)29/h14-21H,3-13H2,1-2H3. The zero-order valence-corrected chi connectivity index (χ0v) is 17.9. The predicted octanol–water partition coefficient (Wildman–Crippen LogP) is 8.75. The van der Waals surface area contributed by atoms with Gasteiger partial charge < -0.3 is 0 Å². The van der Waals surface area contributed by atoms with Gasteiger partial charge in [-0.1, -0.05) is 52.0 Å². The van der Waals surface area contributed by atoms with Crippen molar-refractivity contribution in [2.24, 2.45) is 23.7 Å². The van der Waals surface area contributed by atoms with Gasteiger partial charge in [0.05, 0.1) is 5.56 Å². The monoisotopic (exact) mass is 412 g/mol. The smallest absolute Gasteiger partial charge is 0.206 e. The molecule has 0 amide bonds. The summed E-state index contributed by atoms with van der Waals surface area (Å²) in [6.45, 7) is 4.60. The molecule has 2 aliphatic rings. The summed E-state index contributed by atoms with van der Waals surface area (Å²) in [5, 5.41) is 0. The van der Waals surface area contributed by atoms with Crippen LogP contribution in [0.4, 0.5) is 17.6 Å². The Balaban J connectivity index is 1.45. The molecule has 29 heavy (non-hydrogen) atoms. The summed E-state index contributed by atoms with van der Waals surface area (Å²) in [5.41, 5.74) is -0.414. The number of hydrogen-bond donors (Lipinski definition) is 0. The zero-order valence-electron chi connectivity index (χ0n) is 17.9. The molecule has 3 rings (SSSR count). The first kappa shape index (κ1) is 22.6. The molecule has 0 saturated heterocycles. The highest BCUT2D eigenvalue weighted by atomic mass is 19.4. The lowest BCUT2D eigenvalue weighted by molar-refractivity contribution is -0.140. The van der Waals surface area contributed by atoms with E-state index in [1.54, 1.807) is 0 Å². The van der Waals surface area contributed by atoms with Gasteiger partial charge in [0, 0.05) is 0 Å². The van der Waals surface area contributed by atoms with Crippen LogP contribution < -0.4 is 0 Å². The number of benzene rings is 1. The van der Waals surface area contributed by atoms with E-state index in [9.17, 15) is 17.6 Å². The quantitative estimate of drug-likeness (QED) is 0.410. The maximum Gasteiger partial charge on any atom is 0.419 e. The molecule has 4 heteroatoms. The molecule has 0 unspecified atom stereocenters. The van der Waals surface area contributed by atoms with E-state index in [1.165, 1.54) is 51.0 Å². The molecule has 0 bridgehead atoms. The van der Waals surface area contributed by atoms with Crippen LogP contribution in [-0.2, 0) is 6.18 Å². The third-order valence-electron chi connectivity index (χ3n) is 7.49. The van der Waals surface area contributed by atoms with Gasteiger partial charge in [0.2, 0.25) is 0 Å². The second-order valence-corrected chi connectivity index (χ2v) is 9.95. The van der Waals surface area contributed by atoms with E-state index in [0.717, 1.165) is 67.1 Å². The van der Waals surface area contributed by atoms with Crippen LogP contribution in [0.1, 0.15) is 102 Å². The minimum atomic E-state index is -4.62. The van der Waals surface area contributed by atoms with Gasteiger partial charge in [-0.2, -0.15) is 13.2 Å². The zero-order chi connectivity index (χ0) is 21.0. The lowest BCUT2D eigenvalue weighted by atomic mass is 9.68. The fourth-order valence-corrected chi connectivity index (χ4v) is 5.70. The summed E-state index contributed by atoms with van der Waals surface area (Å²) in [5.74, 6) is 2.36. The third-order valence-corrected chi connectivity index (χ3v) is 7.49. The van der Waals surface area contributed by atoms with Crippen LogP contribution in [-0.4, -0.2) is 0 Å². The molecule has 164 valence electrons. The normalized spacial score (nSPS) is 28.7. The minimum absolute atomic E-state index is 0.204. The molecular formula is C25H36F4. The SMILES string of the molecule is CC(C)CCCC1CCC(C2CCC(c3ccc(C(F)(F)F)c(F)c3)CC2)CC1. The number of halogens is 4. The summed E-state index contributed by atoms with van der Waals surface area (Å²) in [4.78, 5) is 0. The fraction of sp³-hybridized carbons (Fsp3) is 0.760. The van der Waals surface area contributed by atoms with Gasteiger partial charge in [-0.05, 0) is 85.8 Å². The maximum atomic E-state index is 13.9. The van der Waals surface area contributed by atoms with Crippen LogP contribution in [0.5, 0.6) is 0 Å². The van der Waals surface area contributed by atoms with Gasteiger partial charge in [-0.3, -0.25) is 0 Å². The number of rotatable bonds is 6. The Morgan fingerprint density at radius 2 is 1.48 bits per heavy atom. The molecule has 1 aromatic rings. The van der Waals surface area contributed by atoms with Crippen LogP contribution in [0.15, 0.2) is 18.2 Å². The predicted molar refractivity (Wildman–Crippen MR) is 110 cm³/mol. The minimum Gasteiger partial charge on any atom is -0.206 e. The second kappa shape index (κ2) is 9.83. The Kier molecular flexibility index (Phi) is 7.67. The van der Waals surface area contributed by atoms with Gasteiger partial charge in [0.25, 0.3) is 0 Å². The van der Waals surface area contributed by atoms with Crippen molar-refractivity contribution < 1.29 is 17.6 Å². The van der Waals surface area contributed by atoms with Crippen LogP contribution >= 0.6 is 0 Å². The summed E-state index contributed by atoms with van der Waals surface area (Å²) < 4.78 is 52.2. The fourth-order valence-electron chi connectivity index (χ4n) is 5.70. The van der Waals surface area contributed by atoms with Crippen molar-refractivity contribution in [2.45, 2.75) is 96.6 Å². The highest BCUT2D eigenvalue weighted by molar-refractivity contribution is 5.29. The molecule has 2 aliphatic carbocycles.